The molecule has 2 saturated carbocycles. The molecule has 0 aromatic heterocycles. The second kappa shape index (κ2) is 7.67. The Kier molecular flexibility index (Phi) is 5.99. The second-order valence-corrected chi connectivity index (χ2v) is 11.0. The summed E-state index contributed by atoms with van der Waals surface area (Å²) in [6.07, 6.45) is 8.82. The van der Waals surface area contributed by atoms with Crippen molar-refractivity contribution >= 4 is 5.97 Å². The van der Waals surface area contributed by atoms with Gasteiger partial charge in [-0.3, -0.25) is 4.79 Å². The molecule has 4 nitrogen and oxygen atoms in total. The van der Waals surface area contributed by atoms with Gasteiger partial charge in [-0.2, -0.15) is 0 Å². The molecule has 156 valence electrons. The van der Waals surface area contributed by atoms with E-state index in [-0.39, 0.29) is 35.3 Å². The van der Waals surface area contributed by atoms with E-state index in [4.69, 9.17) is 14.2 Å². The van der Waals surface area contributed by atoms with Crippen molar-refractivity contribution in [1.29, 1.82) is 0 Å². The maximum absolute atomic E-state index is 13.0. The molecule has 1 aliphatic heterocycles. The van der Waals surface area contributed by atoms with Gasteiger partial charge in [0.1, 0.15) is 0 Å². The SMILES string of the molecule is CC(C)C(C)(CC(C)(C)C)C(=O)OCC1CCC2OC3(CCCC3)OC2C1. The zero-order valence-electron chi connectivity index (χ0n) is 18.3. The smallest absolute Gasteiger partial charge is 0.312 e. The molecule has 1 spiro atoms. The average molecular weight is 381 g/mol. The van der Waals surface area contributed by atoms with E-state index in [1.54, 1.807) is 0 Å². The van der Waals surface area contributed by atoms with Crippen molar-refractivity contribution in [1.82, 2.24) is 0 Å². The molecule has 3 aliphatic rings. The largest absolute Gasteiger partial charge is 0.465 e. The molecule has 27 heavy (non-hydrogen) atoms. The van der Waals surface area contributed by atoms with Gasteiger partial charge in [0.05, 0.1) is 24.2 Å². The molecule has 0 aromatic rings. The Hall–Kier alpha value is -0.610. The van der Waals surface area contributed by atoms with Crippen LogP contribution in [0.5, 0.6) is 0 Å². The summed E-state index contributed by atoms with van der Waals surface area (Å²) >= 11 is 0. The predicted octanol–water partition coefficient (Wildman–Crippen LogP) is 5.48. The standard InChI is InChI=1S/C23H40O4/c1-16(2)22(6,15-21(3,4)5)20(24)25-14-17-9-10-18-19(13-17)27-23(26-18)11-7-8-12-23/h16-19H,7-15H2,1-6H3. The van der Waals surface area contributed by atoms with Gasteiger partial charge in [-0.1, -0.05) is 34.6 Å². The van der Waals surface area contributed by atoms with Gasteiger partial charge in [-0.05, 0) is 62.7 Å². The molecular weight excluding hydrogens is 340 g/mol. The van der Waals surface area contributed by atoms with Crippen LogP contribution < -0.4 is 0 Å². The predicted molar refractivity (Wildman–Crippen MR) is 106 cm³/mol. The van der Waals surface area contributed by atoms with Crippen molar-refractivity contribution < 1.29 is 19.0 Å². The fraction of sp³-hybridized carbons (Fsp3) is 0.957. The number of hydrogen-bond donors (Lipinski definition) is 0. The van der Waals surface area contributed by atoms with Crippen LogP contribution in [0.25, 0.3) is 0 Å². The summed E-state index contributed by atoms with van der Waals surface area (Å²) in [4.78, 5) is 13.0. The molecule has 4 heteroatoms. The van der Waals surface area contributed by atoms with E-state index in [9.17, 15) is 4.79 Å². The van der Waals surface area contributed by atoms with E-state index in [0.717, 1.165) is 38.5 Å². The van der Waals surface area contributed by atoms with Crippen molar-refractivity contribution in [3.05, 3.63) is 0 Å². The Morgan fingerprint density at radius 1 is 1.07 bits per heavy atom. The monoisotopic (exact) mass is 380 g/mol. The molecular formula is C23H40O4. The van der Waals surface area contributed by atoms with Crippen LogP contribution in [0, 0.1) is 22.7 Å². The molecule has 4 atom stereocenters. The summed E-state index contributed by atoms with van der Waals surface area (Å²) in [5.41, 5.74) is -0.336. The number of fused-ring (bicyclic) bond motifs is 1. The number of carbonyl (C=O) groups excluding carboxylic acids is 1. The zero-order chi connectivity index (χ0) is 19.9. The highest BCUT2D eigenvalue weighted by Gasteiger charge is 2.51. The molecule has 0 aromatic carbocycles. The van der Waals surface area contributed by atoms with E-state index in [0.29, 0.717) is 12.5 Å². The lowest BCUT2D eigenvalue weighted by atomic mass is 9.69. The van der Waals surface area contributed by atoms with Crippen LogP contribution in [0.2, 0.25) is 0 Å². The van der Waals surface area contributed by atoms with E-state index in [2.05, 4.69) is 41.5 Å². The Morgan fingerprint density at radius 2 is 1.70 bits per heavy atom. The number of esters is 1. The molecule has 0 radical (unpaired) electrons. The zero-order valence-corrected chi connectivity index (χ0v) is 18.3. The van der Waals surface area contributed by atoms with E-state index in [1.807, 2.05) is 0 Å². The molecule has 1 heterocycles. The minimum absolute atomic E-state index is 0.0367. The molecule has 4 unspecified atom stereocenters. The van der Waals surface area contributed by atoms with Crippen LogP contribution in [0.15, 0.2) is 0 Å². The van der Waals surface area contributed by atoms with Crippen LogP contribution in [-0.2, 0) is 19.0 Å². The molecule has 2 aliphatic carbocycles. The normalized spacial score (nSPS) is 32.5. The molecule has 3 fully saturated rings. The fourth-order valence-corrected chi connectivity index (χ4v) is 5.30. The molecule has 1 saturated heterocycles. The maximum atomic E-state index is 13.0. The first-order valence-electron chi connectivity index (χ1n) is 11.1. The summed E-state index contributed by atoms with van der Waals surface area (Å²) in [6, 6.07) is 0. The highest BCUT2D eigenvalue weighted by molar-refractivity contribution is 5.76. The topological polar surface area (TPSA) is 44.8 Å². The second-order valence-electron chi connectivity index (χ2n) is 11.0. The van der Waals surface area contributed by atoms with Gasteiger partial charge < -0.3 is 14.2 Å². The van der Waals surface area contributed by atoms with Crippen LogP contribution in [-0.4, -0.2) is 30.6 Å². The molecule has 3 rings (SSSR count). The third-order valence-electron chi connectivity index (χ3n) is 7.03. The quantitative estimate of drug-likeness (QED) is 0.592. The van der Waals surface area contributed by atoms with Crippen molar-refractivity contribution in [2.45, 2.75) is 111 Å². The lowest BCUT2D eigenvalue weighted by Crippen LogP contribution is -2.40. The van der Waals surface area contributed by atoms with Gasteiger partial charge in [-0.15, -0.1) is 0 Å². The lowest BCUT2D eigenvalue weighted by molar-refractivity contribution is -0.169. The third kappa shape index (κ3) is 4.70. The third-order valence-corrected chi connectivity index (χ3v) is 7.03. The van der Waals surface area contributed by atoms with Crippen LogP contribution in [0.4, 0.5) is 0 Å². The van der Waals surface area contributed by atoms with Gasteiger partial charge in [0.15, 0.2) is 5.79 Å². The Labute approximate surface area is 165 Å². The summed E-state index contributed by atoms with van der Waals surface area (Å²) < 4.78 is 18.5. The number of carbonyl (C=O) groups is 1. The first kappa shape index (κ1) is 21.1. The van der Waals surface area contributed by atoms with E-state index in [1.165, 1.54) is 12.8 Å². The van der Waals surface area contributed by atoms with Crippen molar-refractivity contribution in [2.24, 2.45) is 22.7 Å². The first-order valence-corrected chi connectivity index (χ1v) is 11.1. The average Bonchev–Trinajstić information content (AvgIpc) is 3.16. The van der Waals surface area contributed by atoms with E-state index < -0.39 is 5.41 Å². The summed E-state index contributed by atoms with van der Waals surface area (Å²) in [7, 11) is 0. The van der Waals surface area contributed by atoms with Crippen LogP contribution >= 0.6 is 0 Å². The van der Waals surface area contributed by atoms with Gasteiger partial charge >= 0.3 is 5.97 Å². The number of ether oxygens (including phenoxy) is 3. The van der Waals surface area contributed by atoms with Gasteiger partial charge in [0.25, 0.3) is 0 Å². The van der Waals surface area contributed by atoms with Gasteiger partial charge in [0, 0.05) is 12.8 Å². The van der Waals surface area contributed by atoms with E-state index >= 15 is 0 Å². The summed E-state index contributed by atoms with van der Waals surface area (Å²) in [6.45, 7) is 13.4. The number of hydrogen-bond acceptors (Lipinski definition) is 4. The van der Waals surface area contributed by atoms with Gasteiger partial charge in [0.2, 0.25) is 0 Å². The lowest BCUT2D eigenvalue weighted by Gasteiger charge is -2.37. The molecule has 0 amide bonds. The summed E-state index contributed by atoms with van der Waals surface area (Å²) in [5.74, 6) is 0.324. The Bertz CT molecular complexity index is 529. The number of rotatable bonds is 5. The molecule has 0 N–H and O–H groups in total. The highest BCUT2D eigenvalue weighted by Crippen LogP contribution is 2.47. The minimum Gasteiger partial charge on any atom is -0.465 e. The summed E-state index contributed by atoms with van der Waals surface area (Å²) in [5, 5.41) is 0. The van der Waals surface area contributed by atoms with Crippen molar-refractivity contribution in [3.8, 4) is 0 Å². The van der Waals surface area contributed by atoms with Crippen molar-refractivity contribution in [3.63, 3.8) is 0 Å². The highest BCUT2D eigenvalue weighted by atomic mass is 16.8. The minimum atomic E-state index is -0.434. The van der Waals surface area contributed by atoms with Crippen LogP contribution in [0.1, 0.15) is 92.9 Å². The van der Waals surface area contributed by atoms with Crippen molar-refractivity contribution in [2.75, 3.05) is 6.61 Å². The Balaban J connectivity index is 1.53. The van der Waals surface area contributed by atoms with Gasteiger partial charge in [-0.25, -0.2) is 0 Å². The maximum Gasteiger partial charge on any atom is 0.312 e. The first-order chi connectivity index (χ1) is 12.5. The van der Waals surface area contributed by atoms with Crippen LogP contribution in [0.3, 0.4) is 0 Å². The Morgan fingerprint density at radius 3 is 2.30 bits per heavy atom. The fourth-order valence-electron chi connectivity index (χ4n) is 5.30. The molecule has 0 bridgehead atoms.